The van der Waals surface area contributed by atoms with Crippen LogP contribution in [-0.4, -0.2) is 33.0 Å². The first-order valence-corrected chi connectivity index (χ1v) is 8.48. The highest BCUT2D eigenvalue weighted by molar-refractivity contribution is 5.85. The van der Waals surface area contributed by atoms with Crippen LogP contribution in [0.4, 0.5) is 0 Å². The lowest BCUT2D eigenvalue weighted by molar-refractivity contribution is -0.127. The summed E-state index contributed by atoms with van der Waals surface area (Å²) in [6.45, 7) is 8.33. The summed E-state index contributed by atoms with van der Waals surface area (Å²) < 4.78 is 3.29. The number of nitrogens with zero attached hydrogens (tertiary/aromatic N) is 2. The van der Waals surface area contributed by atoms with E-state index < -0.39 is 0 Å². The molecule has 0 spiro atoms. The molecule has 0 radical (unpaired) electrons. The maximum Gasteiger partial charge on any atom is 0.329 e. The number of hydrogen-bond donors (Lipinski definition) is 2. The van der Waals surface area contributed by atoms with Crippen molar-refractivity contribution in [1.82, 2.24) is 19.8 Å². The van der Waals surface area contributed by atoms with Crippen LogP contribution in [0.3, 0.4) is 0 Å². The van der Waals surface area contributed by atoms with Gasteiger partial charge in [-0.05, 0) is 39.8 Å². The number of aromatic nitrogens is 2. The van der Waals surface area contributed by atoms with E-state index in [1.807, 2.05) is 52.0 Å². The molecule has 2 aromatic rings. The molecule has 0 fully saturated rings. The Kier molecular flexibility index (Phi) is 5.66. The van der Waals surface area contributed by atoms with Gasteiger partial charge in [0.2, 0.25) is 11.8 Å². The van der Waals surface area contributed by atoms with E-state index in [0.717, 1.165) is 11.0 Å². The number of hydrogen-bond acceptors (Lipinski definition) is 3. The minimum Gasteiger partial charge on any atom is -0.350 e. The fraction of sp³-hybridized carbons (Fsp3) is 0.500. The van der Waals surface area contributed by atoms with E-state index in [4.69, 9.17) is 0 Å². The summed E-state index contributed by atoms with van der Waals surface area (Å²) in [4.78, 5) is 36.2. The van der Waals surface area contributed by atoms with E-state index in [2.05, 4.69) is 10.6 Å². The van der Waals surface area contributed by atoms with E-state index in [9.17, 15) is 14.4 Å². The Hall–Kier alpha value is -2.57. The van der Waals surface area contributed by atoms with Crippen molar-refractivity contribution in [3.8, 4) is 0 Å². The zero-order valence-electron chi connectivity index (χ0n) is 15.3. The van der Waals surface area contributed by atoms with Crippen LogP contribution in [0.2, 0.25) is 0 Å². The Bertz CT molecular complexity index is 827. The van der Waals surface area contributed by atoms with Crippen molar-refractivity contribution in [3.63, 3.8) is 0 Å². The quantitative estimate of drug-likeness (QED) is 0.825. The monoisotopic (exact) mass is 346 g/mol. The van der Waals surface area contributed by atoms with Crippen LogP contribution < -0.4 is 16.3 Å². The maximum absolute atomic E-state index is 12.5. The second-order valence-electron chi connectivity index (χ2n) is 6.99. The van der Waals surface area contributed by atoms with Crippen molar-refractivity contribution in [1.29, 1.82) is 0 Å². The van der Waals surface area contributed by atoms with Crippen molar-refractivity contribution in [2.45, 2.75) is 52.7 Å². The molecule has 0 saturated carbocycles. The van der Waals surface area contributed by atoms with Crippen LogP contribution in [0.5, 0.6) is 0 Å². The van der Waals surface area contributed by atoms with Gasteiger partial charge in [0.05, 0.1) is 17.6 Å². The summed E-state index contributed by atoms with van der Waals surface area (Å²) in [5.74, 6) is -0.495. The summed E-state index contributed by atoms with van der Waals surface area (Å²) in [5.41, 5.74) is 1.21. The Morgan fingerprint density at radius 3 is 2.20 bits per heavy atom. The number of imidazole rings is 1. The van der Waals surface area contributed by atoms with Crippen molar-refractivity contribution in [3.05, 3.63) is 34.7 Å². The summed E-state index contributed by atoms with van der Waals surface area (Å²) in [6, 6.07) is 7.53. The maximum atomic E-state index is 12.5. The van der Waals surface area contributed by atoms with Gasteiger partial charge in [-0.3, -0.25) is 18.7 Å². The standard InChI is InChI=1S/C18H26N4O3/c1-5-21-13-8-6-7-9-14(13)22(17(21)25)11-10-15(23)19-12-16(24)20-18(2,3)4/h6-9H,5,10-12H2,1-4H3,(H,19,23)(H,20,24). The molecule has 0 aliphatic carbocycles. The van der Waals surface area contributed by atoms with E-state index in [0.29, 0.717) is 6.54 Å². The summed E-state index contributed by atoms with van der Waals surface area (Å²) in [6.07, 6.45) is 0.139. The zero-order chi connectivity index (χ0) is 18.6. The summed E-state index contributed by atoms with van der Waals surface area (Å²) >= 11 is 0. The lowest BCUT2D eigenvalue weighted by Gasteiger charge is -2.20. The topological polar surface area (TPSA) is 85.1 Å². The second kappa shape index (κ2) is 7.55. The number of para-hydroxylation sites is 2. The molecule has 2 amide bonds. The number of carbonyl (C=O) groups is 2. The SMILES string of the molecule is CCn1c(=O)n(CCC(=O)NCC(=O)NC(C)(C)C)c2ccccc21. The smallest absolute Gasteiger partial charge is 0.329 e. The van der Waals surface area contributed by atoms with Crippen molar-refractivity contribution >= 4 is 22.8 Å². The molecule has 7 heteroatoms. The van der Waals surface area contributed by atoms with Gasteiger partial charge in [-0.25, -0.2) is 4.79 Å². The molecule has 25 heavy (non-hydrogen) atoms. The van der Waals surface area contributed by atoms with Crippen molar-refractivity contribution < 1.29 is 9.59 Å². The number of rotatable bonds is 6. The predicted molar refractivity (Wildman–Crippen MR) is 97.4 cm³/mol. The highest BCUT2D eigenvalue weighted by Gasteiger charge is 2.15. The van der Waals surface area contributed by atoms with Gasteiger partial charge >= 0.3 is 5.69 Å². The van der Waals surface area contributed by atoms with Crippen LogP contribution in [0.15, 0.2) is 29.1 Å². The molecule has 1 heterocycles. The Balaban J connectivity index is 1.99. The summed E-state index contributed by atoms with van der Waals surface area (Å²) in [5, 5.41) is 5.37. The lowest BCUT2D eigenvalue weighted by atomic mass is 10.1. The van der Waals surface area contributed by atoms with Gasteiger partial charge in [0.25, 0.3) is 0 Å². The molecule has 0 aliphatic heterocycles. The summed E-state index contributed by atoms with van der Waals surface area (Å²) in [7, 11) is 0. The van der Waals surface area contributed by atoms with Gasteiger partial charge in [0.1, 0.15) is 0 Å². The first kappa shape index (κ1) is 18.8. The number of nitrogens with one attached hydrogen (secondary N) is 2. The number of amides is 2. The Morgan fingerprint density at radius 2 is 1.64 bits per heavy atom. The van der Waals surface area contributed by atoms with Crippen LogP contribution in [0, 0.1) is 0 Å². The molecule has 0 unspecified atom stereocenters. The van der Waals surface area contributed by atoms with Crippen molar-refractivity contribution in [2.24, 2.45) is 0 Å². The van der Waals surface area contributed by atoms with Crippen LogP contribution in [0.25, 0.3) is 11.0 Å². The minimum atomic E-state index is -0.336. The van der Waals surface area contributed by atoms with Gasteiger partial charge in [0.15, 0.2) is 0 Å². The lowest BCUT2D eigenvalue weighted by Crippen LogP contribution is -2.46. The van der Waals surface area contributed by atoms with Crippen LogP contribution in [0.1, 0.15) is 34.1 Å². The van der Waals surface area contributed by atoms with Gasteiger partial charge in [0, 0.05) is 25.0 Å². The third kappa shape index (κ3) is 4.71. The fourth-order valence-corrected chi connectivity index (χ4v) is 2.74. The third-order valence-corrected chi connectivity index (χ3v) is 3.76. The number of fused-ring (bicyclic) bond motifs is 1. The predicted octanol–water partition coefficient (Wildman–Crippen LogP) is 1.24. The van der Waals surface area contributed by atoms with E-state index in [1.54, 1.807) is 9.13 Å². The van der Waals surface area contributed by atoms with Crippen molar-refractivity contribution in [2.75, 3.05) is 6.54 Å². The molecule has 1 aromatic heterocycles. The van der Waals surface area contributed by atoms with Gasteiger partial charge in [-0.1, -0.05) is 12.1 Å². The molecule has 0 atom stereocenters. The second-order valence-corrected chi connectivity index (χ2v) is 6.99. The van der Waals surface area contributed by atoms with Gasteiger partial charge < -0.3 is 10.6 Å². The number of aryl methyl sites for hydroxylation is 2. The molecule has 2 N–H and O–H groups in total. The van der Waals surface area contributed by atoms with E-state index in [1.165, 1.54) is 0 Å². The normalized spacial score (nSPS) is 11.5. The molecule has 0 saturated heterocycles. The average molecular weight is 346 g/mol. The highest BCUT2D eigenvalue weighted by Crippen LogP contribution is 2.12. The first-order valence-electron chi connectivity index (χ1n) is 8.48. The average Bonchev–Trinajstić information content (AvgIpc) is 2.80. The molecule has 2 rings (SSSR count). The Labute approximate surface area is 147 Å². The molecular weight excluding hydrogens is 320 g/mol. The fourth-order valence-electron chi connectivity index (χ4n) is 2.74. The first-order chi connectivity index (χ1) is 11.7. The molecule has 136 valence electrons. The Morgan fingerprint density at radius 1 is 1.04 bits per heavy atom. The molecular formula is C18H26N4O3. The number of benzene rings is 1. The number of carbonyl (C=O) groups excluding carboxylic acids is 2. The van der Waals surface area contributed by atoms with E-state index >= 15 is 0 Å². The van der Waals surface area contributed by atoms with Gasteiger partial charge in [-0.2, -0.15) is 0 Å². The molecule has 0 bridgehead atoms. The minimum absolute atomic E-state index is 0.0677. The molecule has 1 aromatic carbocycles. The van der Waals surface area contributed by atoms with Crippen LogP contribution in [-0.2, 0) is 22.7 Å². The molecule has 0 aliphatic rings. The molecule has 7 nitrogen and oxygen atoms in total. The van der Waals surface area contributed by atoms with E-state index in [-0.39, 0.29) is 42.6 Å². The van der Waals surface area contributed by atoms with Gasteiger partial charge in [-0.15, -0.1) is 0 Å². The third-order valence-electron chi connectivity index (χ3n) is 3.76. The zero-order valence-corrected chi connectivity index (χ0v) is 15.3. The largest absolute Gasteiger partial charge is 0.350 e. The van der Waals surface area contributed by atoms with Crippen LogP contribution >= 0.6 is 0 Å². The highest BCUT2D eigenvalue weighted by atomic mass is 16.2.